The highest BCUT2D eigenvalue weighted by atomic mass is 32.2. The summed E-state index contributed by atoms with van der Waals surface area (Å²) in [5.41, 5.74) is -0.344. The summed E-state index contributed by atoms with van der Waals surface area (Å²) in [5, 5.41) is 2.41. The summed E-state index contributed by atoms with van der Waals surface area (Å²) in [6.07, 6.45) is -3.00. The molecule has 1 aromatic heterocycles. The molecule has 1 amide bonds. The number of aryl methyl sites for hydroxylation is 1. The van der Waals surface area contributed by atoms with Crippen LogP contribution >= 0.6 is 0 Å². The Morgan fingerprint density at radius 2 is 1.83 bits per heavy atom. The van der Waals surface area contributed by atoms with Crippen LogP contribution in [0.1, 0.15) is 47.1 Å². The van der Waals surface area contributed by atoms with E-state index in [1.54, 1.807) is 6.92 Å². The average molecular weight is 443 g/mol. The summed E-state index contributed by atoms with van der Waals surface area (Å²) in [7, 11) is -3.79. The molecule has 1 aliphatic rings. The number of amides is 1. The Morgan fingerprint density at radius 1 is 1.20 bits per heavy atom. The van der Waals surface area contributed by atoms with Gasteiger partial charge in [-0.3, -0.25) is 4.79 Å². The summed E-state index contributed by atoms with van der Waals surface area (Å²) in [6.45, 7) is 5.99. The Morgan fingerprint density at radius 3 is 2.43 bits per heavy atom. The van der Waals surface area contributed by atoms with E-state index >= 15 is 0 Å². The van der Waals surface area contributed by atoms with Crippen molar-refractivity contribution < 1.29 is 26.4 Å². The summed E-state index contributed by atoms with van der Waals surface area (Å²) in [4.78, 5) is 15.5. The van der Waals surface area contributed by atoms with Crippen LogP contribution in [0.4, 0.5) is 18.9 Å². The van der Waals surface area contributed by atoms with E-state index in [1.165, 1.54) is 23.4 Å². The quantitative estimate of drug-likeness (QED) is 0.738. The minimum atomic E-state index is -4.53. The fourth-order valence-electron chi connectivity index (χ4n) is 3.67. The molecule has 164 valence electrons. The number of hydrogen-bond donors (Lipinski definition) is 2. The van der Waals surface area contributed by atoms with Crippen molar-refractivity contribution in [2.45, 2.75) is 44.7 Å². The van der Waals surface area contributed by atoms with Gasteiger partial charge in [0, 0.05) is 24.5 Å². The molecule has 2 N–H and O–H groups in total. The molecule has 10 heteroatoms. The lowest BCUT2D eigenvalue weighted by Crippen LogP contribution is -2.38. The van der Waals surface area contributed by atoms with Gasteiger partial charge >= 0.3 is 6.18 Å². The SMILES string of the molecule is Cc1[nH]c(C(=O)Nc2cccc(C(F)(F)F)c2)c(C)c1S(=O)(=O)N1CCC(C)CC1. The number of hydrogen-bond acceptors (Lipinski definition) is 3. The minimum absolute atomic E-state index is 0.00821. The van der Waals surface area contributed by atoms with Gasteiger partial charge in [-0.2, -0.15) is 17.5 Å². The van der Waals surface area contributed by atoms with E-state index in [-0.39, 0.29) is 21.8 Å². The number of nitrogens with one attached hydrogen (secondary N) is 2. The van der Waals surface area contributed by atoms with E-state index in [0.717, 1.165) is 25.0 Å². The highest BCUT2D eigenvalue weighted by Crippen LogP contribution is 2.32. The first-order chi connectivity index (χ1) is 13.9. The molecular formula is C20H24F3N3O3S. The van der Waals surface area contributed by atoms with Crippen molar-refractivity contribution in [3.8, 4) is 0 Å². The molecule has 2 heterocycles. The Bertz CT molecular complexity index is 1050. The monoisotopic (exact) mass is 443 g/mol. The van der Waals surface area contributed by atoms with Crippen LogP contribution in [0.25, 0.3) is 0 Å². The van der Waals surface area contributed by atoms with Crippen LogP contribution in [0.15, 0.2) is 29.2 Å². The Balaban J connectivity index is 1.87. The third kappa shape index (κ3) is 4.39. The van der Waals surface area contributed by atoms with E-state index in [0.29, 0.717) is 24.7 Å². The first-order valence-corrected chi connectivity index (χ1v) is 11.0. The number of benzene rings is 1. The smallest absolute Gasteiger partial charge is 0.353 e. The summed E-state index contributed by atoms with van der Waals surface area (Å²) in [5.74, 6) is -0.248. The number of piperidine rings is 1. The fraction of sp³-hybridized carbons (Fsp3) is 0.450. The van der Waals surface area contributed by atoms with Crippen molar-refractivity contribution in [1.29, 1.82) is 0 Å². The van der Waals surface area contributed by atoms with E-state index in [2.05, 4.69) is 17.2 Å². The molecule has 1 saturated heterocycles. The molecule has 1 fully saturated rings. The van der Waals surface area contributed by atoms with Crippen LogP contribution in [0.3, 0.4) is 0 Å². The first kappa shape index (κ1) is 22.4. The van der Waals surface area contributed by atoms with Gasteiger partial charge in [0.15, 0.2) is 0 Å². The molecule has 0 unspecified atom stereocenters. The number of carbonyl (C=O) groups is 1. The molecular weight excluding hydrogens is 419 g/mol. The molecule has 30 heavy (non-hydrogen) atoms. The van der Waals surface area contributed by atoms with Gasteiger partial charge < -0.3 is 10.3 Å². The van der Waals surface area contributed by atoms with Crippen LogP contribution < -0.4 is 5.32 Å². The number of carbonyl (C=O) groups excluding carboxylic acids is 1. The lowest BCUT2D eigenvalue weighted by Gasteiger charge is -2.29. The number of H-pyrrole nitrogens is 1. The van der Waals surface area contributed by atoms with E-state index in [9.17, 15) is 26.4 Å². The summed E-state index contributed by atoms with van der Waals surface area (Å²) < 4.78 is 66.4. The molecule has 2 aromatic rings. The number of nitrogens with zero attached hydrogens (tertiary/aromatic N) is 1. The second-order valence-electron chi connectivity index (χ2n) is 7.70. The molecule has 0 bridgehead atoms. The van der Waals surface area contributed by atoms with Gasteiger partial charge in [0.25, 0.3) is 5.91 Å². The van der Waals surface area contributed by atoms with Gasteiger partial charge in [0.05, 0.1) is 5.56 Å². The van der Waals surface area contributed by atoms with Crippen LogP contribution in [0.2, 0.25) is 0 Å². The van der Waals surface area contributed by atoms with Crippen molar-refractivity contribution in [2.24, 2.45) is 5.92 Å². The predicted molar refractivity (Wildman–Crippen MR) is 107 cm³/mol. The zero-order valence-corrected chi connectivity index (χ0v) is 17.7. The number of sulfonamides is 1. The highest BCUT2D eigenvalue weighted by molar-refractivity contribution is 7.89. The summed E-state index contributed by atoms with van der Waals surface area (Å²) in [6, 6.07) is 4.27. The average Bonchev–Trinajstić information content (AvgIpc) is 2.96. The van der Waals surface area contributed by atoms with Crippen LogP contribution in [-0.2, 0) is 16.2 Å². The third-order valence-corrected chi connectivity index (χ3v) is 7.56. The standard InChI is InChI=1S/C20H24F3N3O3S/c1-12-7-9-26(10-8-12)30(28,29)18-13(2)17(24-14(18)3)19(27)25-16-6-4-5-15(11-16)20(21,22)23/h4-6,11-12,24H,7-10H2,1-3H3,(H,25,27). The van der Waals surface area contributed by atoms with Gasteiger partial charge in [-0.15, -0.1) is 0 Å². The molecule has 0 saturated carbocycles. The largest absolute Gasteiger partial charge is 0.416 e. The first-order valence-electron chi connectivity index (χ1n) is 9.59. The lowest BCUT2D eigenvalue weighted by molar-refractivity contribution is -0.137. The second-order valence-corrected chi connectivity index (χ2v) is 9.57. The van der Waals surface area contributed by atoms with Crippen LogP contribution in [0, 0.1) is 19.8 Å². The maximum atomic E-state index is 13.1. The summed E-state index contributed by atoms with van der Waals surface area (Å²) >= 11 is 0. The normalized spacial score (nSPS) is 16.6. The number of halogens is 3. The Hall–Kier alpha value is -2.33. The van der Waals surface area contributed by atoms with Gasteiger partial charge in [0.2, 0.25) is 10.0 Å². The fourth-order valence-corrected chi connectivity index (χ4v) is 5.54. The van der Waals surface area contributed by atoms with Gasteiger partial charge in [-0.25, -0.2) is 8.42 Å². The van der Waals surface area contributed by atoms with E-state index < -0.39 is 27.7 Å². The van der Waals surface area contributed by atoms with E-state index in [4.69, 9.17) is 0 Å². The molecule has 0 spiro atoms. The number of anilines is 1. The molecule has 6 nitrogen and oxygen atoms in total. The van der Waals surface area contributed by atoms with Gasteiger partial charge in [-0.05, 0) is 56.4 Å². The van der Waals surface area contributed by atoms with Crippen molar-refractivity contribution in [3.05, 3.63) is 46.8 Å². The minimum Gasteiger partial charge on any atom is -0.353 e. The zero-order valence-electron chi connectivity index (χ0n) is 16.9. The van der Waals surface area contributed by atoms with Crippen LogP contribution in [0.5, 0.6) is 0 Å². The third-order valence-electron chi connectivity index (χ3n) is 5.38. The Labute approximate surface area is 173 Å². The van der Waals surface area contributed by atoms with Gasteiger partial charge in [0.1, 0.15) is 10.6 Å². The molecule has 1 aliphatic heterocycles. The van der Waals surface area contributed by atoms with Gasteiger partial charge in [-0.1, -0.05) is 13.0 Å². The molecule has 3 rings (SSSR count). The number of aromatic amines is 1. The highest BCUT2D eigenvalue weighted by Gasteiger charge is 2.34. The number of aromatic nitrogens is 1. The van der Waals surface area contributed by atoms with Crippen molar-refractivity contribution in [1.82, 2.24) is 9.29 Å². The van der Waals surface area contributed by atoms with Crippen LogP contribution in [-0.4, -0.2) is 36.7 Å². The van der Waals surface area contributed by atoms with Crippen molar-refractivity contribution in [3.63, 3.8) is 0 Å². The second kappa shape index (κ2) is 8.07. The topological polar surface area (TPSA) is 82.3 Å². The zero-order chi connectivity index (χ0) is 22.3. The predicted octanol–water partition coefficient (Wildman–Crippen LogP) is 4.32. The van der Waals surface area contributed by atoms with Crippen molar-refractivity contribution >= 4 is 21.6 Å². The maximum Gasteiger partial charge on any atom is 0.416 e. The number of rotatable bonds is 4. The lowest BCUT2D eigenvalue weighted by atomic mass is 10.0. The molecule has 0 radical (unpaired) electrons. The van der Waals surface area contributed by atoms with Crippen molar-refractivity contribution in [2.75, 3.05) is 18.4 Å². The number of alkyl halides is 3. The molecule has 0 atom stereocenters. The molecule has 0 aliphatic carbocycles. The molecule has 1 aromatic carbocycles. The van der Waals surface area contributed by atoms with E-state index in [1.807, 2.05) is 0 Å². The maximum absolute atomic E-state index is 13.1. The Kier molecular flexibility index (Phi) is 6.01.